The third kappa shape index (κ3) is 5.97. The van der Waals surface area contributed by atoms with Crippen LogP contribution in [0.5, 0.6) is 5.75 Å². The molecule has 4 N–H and O–H groups in total. The molecule has 5 unspecified atom stereocenters. The number of primary amides is 1. The molecule has 1 saturated carbocycles. The van der Waals surface area contributed by atoms with E-state index in [1.165, 1.54) is 16.4 Å². The van der Waals surface area contributed by atoms with Crippen LogP contribution in [0.15, 0.2) is 48.7 Å². The second-order valence-electron chi connectivity index (χ2n) is 11.0. The number of hydrogen-bond donors (Lipinski definition) is 3. The van der Waals surface area contributed by atoms with Crippen LogP contribution < -0.4 is 11.1 Å². The quantitative estimate of drug-likeness (QED) is 0.370. The number of nitrogens with two attached hydrogens (primary N) is 1. The smallest absolute Gasteiger partial charge is 0.254 e. The van der Waals surface area contributed by atoms with E-state index in [0.29, 0.717) is 31.5 Å². The van der Waals surface area contributed by atoms with E-state index in [-0.39, 0.29) is 29.6 Å². The van der Waals surface area contributed by atoms with Gasteiger partial charge in [-0.1, -0.05) is 43.3 Å². The Bertz CT molecular complexity index is 1570. The van der Waals surface area contributed by atoms with Gasteiger partial charge in [-0.05, 0) is 42.0 Å². The highest BCUT2D eigenvalue weighted by molar-refractivity contribution is 6.03. The van der Waals surface area contributed by atoms with Gasteiger partial charge in [0.15, 0.2) is 5.82 Å². The van der Waals surface area contributed by atoms with Crippen molar-refractivity contribution in [2.75, 3.05) is 18.4 Å². The summed E-state index contributed by atoms with van der Waals surface area (Å²) in [5.74, 6) is -3.12. The number of rotatable bonds is 8. The van der Waals surface area contributed by atoms with Crippen molar-refractivity contribution in [3.05, 3.63) is 65.4 Å². The highest BCUT2D eigenvalue weighted by Gasteiger charge is 2.44. The van der Waals surface area contributed by atoms with E-state index < -0.39 is 35.9 Å². The molecule has 1 aliphatic heterocycles. The summed E-state index contributed by atoms with van der Waals surface area (Å²) in [5.41, 5.74) is 9.10. The average molecular weight is 570 g/mol. The van der Waals surface area contributed by atoms with Crippen LogP contribution in [0.1, 0.15) is 47.3 Å². The Hall–Kier alpha value is -4.74. The number of carbonyl (C=O) groups is 2. The number of aromatic hydroxyl groups is 1. The fourth-order valence-corrected chi connectivity index (χ4v) is 5.56. The average Bonchev–Trinajstić information content (AvgIpc) is 3.69. The minimum Gasteiger partial charge on any atom is -0.507 e. The number of likely N-dealkylation sites (tertiary alicyclic amines) is 1. The predicted molar refractivity (Wildman–Crippen MR) is 152 cm³/mol. The molecular formula is C31H32FN7O3. The van der Waals surface area contributed by atoms with Crippen LogP contribution in [-0.4, -0.2) is 50.9 Å². The summed E-state index contributed by atoms with van der Waals surface area (Å²) in [6.07, 6.45) is 1.53. The Labute approximate surface area is 243 Å². The number of carbonyl (C=O) groups excluding carboxylic acids is 2. The molecule has 1 aliphatic carbocycles. The van der Waals surface area contributed by atoms with Crippen molar-refractivity contribution >= 4 is 17.6 Å². The van der Waals surface area contributed by atoms with Gasteiger partial charge >= 0.3 is 0 Å². The van der Waals surface area contributed by atoms with Crippen LogP contribution in [0.3, 0.4) is 0 Å². The molecule has 0 bridgehead atoms. The molecule has 2 aliphatic rings. The molecule has 5 atom stereocenters. The van der Waals surface area contributed by atoms with E-state index in [2.05, 4.69) is 23.4 Å². The number of phenolic OH excluding ortho intramolecular Hbond substituents is 1. The third-order valence-corrected chi connectivity index (χ3v) is 8.14. The van der Waals surface area contributed by atoms with Crippen molar-refractivity contribution in [3.63, 3.8) is 0 Å². The van der Waals surface area contributed by atoms with Crippen molar-refractivity contribution in [2.24, 2.45) is 23.5 Å². The molecule has 5 rings (SSSR count). The maximum atomic E-state index is 15.5. The van der Waals surface area contributed by atoms with Crippen molar-refractivity contribution < 1.29 is 19.1 Å². The van der Waals surface area contributed by atoms with Crippen LogP contribution in [0, 0.1) is 40.4 Å². The molecular weight excluding hydrogens is 537 g/mol. The summed E-state index contributed by atoms with van der Waals surface area (Å²) < 4.78 is 16.9. The van der Waals surface area contributed by atoms with E-state index in [4.69, 9.17) is 11.0 Å². The number of nitriles is 2. The maximum Gasteiger partial charge on any atom is 0.254 e. The molecule has 2 fully saturated rings. The molecule has 42 heavy (non-hydrogen) atoms. The fraction of sp³-hybridized carbons (Fsp3) is 0.387. The molecule has 2 aromatic carbocycles. The lowest BCUT2D eigenvalue weighted by molar-refractivity contribution is -0.117. The predicted octanol–water partition coefficient (Wildman–Crippen LogP) is 3.94. The molecule has 0 spiro atoms. The Kier molecular flexibility index (Phi) is 8.23. The number of aromatic nitrogens is 2. The molecule has 0 radical (unpaired) electrons. The van der Waals surface area contributed by atoms with Gasteiger partial charge in [-0.2, -0.15) is 15.6 Å². The molecule has 2 amide bonds. The zero-order valence-electron chi connectivity index (χ0n) is 23.2. The van der Waals surface area contributed by atoms with Gasteiger partial charge in [-0.3, -0.25) is 19.2 Å². The summed E-state index contributed by atoms with van der Waals surface area (Å²) in [4.78, 5) is 26.5. The summed E-state index contributed by atoms with van der Waals surface area (Å²) in [7, 11) is 0. The van der Waals surface area contributed by atoms with Crippen molar-refractivity contribution in [1.82, 2.24) is 14.7 Å². The lowest BCUT2D eigenvalue weighted by atomic mass is 9.95. The Balaban J connectivity index is 1.31. The van der Waals surface area contributed by atoms with E-state index >= 15 is 4.39 Å². The van der Waals surface area contributed by atoms with Gasteiger partial charge in [0.25, 0.3) is 5.91 Å². The number of aryl methyl sites for hydroxylation is 1. The number of hydrogen-bond acceptors (Lipinski definition) is 7. The summed E-state index contributed by atoms with van der Waals surface area (Å²) in [6.45, 7) is 2.87. The summed E-state index contributed by atoms with van der Waals surface area (Å²) in [6, 6.07) is 16.8. The number of nitrogens with one attached hydrogen (secondary N) is 1. The molecule has 3 aromatic rings. The van der Waals surface area contributed by atoms with Gasteiger partial charge in [-0.15, -0.1) is 0 Å². The molecule has 2 heterocycles. The minimum atomic E-state index is -1.52. The van der Waals surface area contributed by atoms with Gasteiger partial charge in [0, 0.05) is 31.4 Å². The summed E-state index contributed by atoms with van der Waals surface area (Å²) >= 11 is 0. The van der Waals surface area contributed by atoms with Gasteiger partial charge in [0.1, 0.15) is 23.4 Å². The zero-order chi connectivity index (χ0) is 30.0. The number of nitrogens with zero attached hydrogens (tertiary/aromatic N) is 5. The van der Waals surface area contributed by atoms with E-state index in [1.54, 1.807) is 6.07 Å². The topological polar surface area (TPSA) is 161 Å². The van der Waals surface area contributed by atoms with Crippen LogP contribution in [0.4, 0.5) is 10.2 Å². The number of halogens is 1. The number of benzene rings is 2. The molecule has 216 valence electrons. The Morgan fingerprint density at radius 1 is 1.17 bits per heavy atom. The Morgan fingerprint density at radius 3 is 2.52 bits per heavy atom. The monoisotopic (exact) mass is 569 g/mol. The van der Waals surface area contributed by atoms with E-state index in [1.807, 2.05) is 47.4 Å². The van der Waals surface area contributed by atoms with Crippen molar-refractivity contribution in [3.8, 4) is 29.0 Å². The number of phenols is 1. The van der Waals surface area contributed by atoms with Crippen molar-refractivity contribution in [1.29, 1.82) is 10.5 Å². The molecule has 10 nitrogen and oxygen atoms in total. The molecule has 1 saturated heterocycles. The third-order valence-electron chi connectivity index (χ3n) is 8.14. The van der Waals surface area contributed by atoms with Gasteiger partial charge in [0.2, 0.25) is 5.91 Å². The number of anilines is 1. The largest absolute Gasteiger partial charge is 0.507 e. The first-order chi connectivity index (χ1) is 20.2. The maximum absolute atomic E-state index is 15.5. The minimum absolute atomic E-state index is 0.000482. The van der Waals surface area contributed by atoms with Crippen LogP contribution in [0.25, 0.3) is 11.1 Å². The molecule has 1 aromatic heterocycles. The Morgan fingerprint density at radius 2 is 1.90 bits per heavy atom. The molecule has 11 heteroatoms. The summed E-state index contributed by atoms with van der Waals surface area (Å²) in [5, 5.41) is 36.6. The standard InChI is InChI=1S/C31H32FN7O3/c1-2-18-3-6-20(7-4-18)22-8-5-19(11-28(22)40)15-38-10-9-27(24(14-34)26(32)17-38)39-16-25(29(35)41)30(37-39)36-31(42)23-12-21(23)13-33/h3-8,11,16,21,23-24,26-27,40H,2,9-10,12,15,17H2,1H3,(H2,35,41)(H,36,37,42). The SMILES string of the molecule is CCc1ccc(-c2ccc(CN3CCC(n4cc(C(N)=O)c(NC(=O)C5CC5C#N)n4)C(C#N)C(F)C3)cc2O)cc1. The van der Waals surface area contributed by atoms with Gasteiger partial charge in [-0.25, -0.2) is 4.39 Å². The number of amides is 2. The highest BCUT2D eigenvalue weighted by atomic mass is 19.1. The second kappa shape index (κ2) is 12.0. The van der Waals surface area contributed by atoms with Crippen molar-refractivity contribution in [2.45, 2.75) is 44.9 Å². The first-order valence-corrected chi connectivity index (χ1v) is 14.0. The first kappa shape index (κ1) is 28.8. The highest BCUT2D eigenvalue weighted by Crippen LogP contribution is 2.39. The van der Waals surface area contributed by atoms with E-state index in [9.17, 15) is 20.0 Å². The second-order valence-corrected chi connectivity index (χ2v) is 11.0. The first-order valence-electron chi connectivity index (χ1n) is 14.0. The van der Waals surface area contributed by atoms with E-state index in [0.717, 1.165) is 17.5 Å². The van der Waals surface area contributed by atoms with Gasteiger partial charge in [0.05, 0.1) is 30.0 Å². The van der Waals surface area contributed by atoms with Gasteiger partial charge < -0.3 is 16.2 Å². The lowest BCUT2D eigenvalue weighted by Gasteiger charge is -2.22. The lowest BCUT2D eigenvalue weighted by Crippen LogP contribution is -2.32. The number of alkyl halides is 1. The van der Waals surface area contributed by atoms with Crippen LogP contribution in [-0.2, 0) is 17.8 Å². The fourth-order valence-electron chi connectivity index (χ4n) is 5.56. The normalized spacial score (nSPS) is 23.8. The zero-order valence-corrected chi connectivity index (χ0v) is 23.2. The van der Waals surface area contributed by atoms with Crippen LogP contribution >= 0.6 is 0 Å². The van der Waals surface area contributed by atoms with Crippen LogP contribution in [0.2, 0.25) is 0 Å².